The predicted molar refractivity (Wildman–Crippen MR) is 78.1 cm³/mol. The number of hydrogen-bond donors (Lipinski definition) is 1. The van der Waals surface area contributed by atoms with Crippen LogP contribution in [-0.2, 0) is 4.74 Å². The maximum atomic E-state index is 5.33. The van der Waals surface area contributed by atoms with Crippen LogP contribution >= 0.6 is 0 Å². The number of nitrogens with one attached hydrogen (secondary N) is 1. The topological polar surface area (TPSA) is 24.5 Å². The van der Waals surface area contributed by atoms with Crippen molar-refractivity contribution in [1.29, 1.82) is 0 Å². The molecule has 0 spiro atoms. The molecule has 1 N–H and O–H groups in total. The van der Waals surface area contributed by atoms with Crippen LogP contribution in [-0.4, -0.2) is 50.3 Å². The van der Waals surface area contributed by atoms with E-state index in [1.807, 2.05) is 0 Å². The van der Waals surface area contributed by atoms with Gasteiger partial charge in [-0.05, 0) is 39.3 Å². The van der Waals surface area contributed by atoms with Gasteiger partial charge in [-0.25, -0.2) is 0 Å². The van der Waals surface area contributed by atoms with Gasteiger partial charge >= 0.3 is 0 Å². The molecule has 0 unspecified atom stereocenters. The van der Waals surface area contributed by atoms with Crippen LogP contribution in [0.15, 0.2) is 0 Å². The van der Waals surface area contributed by atoms with E-state index < -0.39 is 0 Å². The predicted octanol–water partition coefficient (Wildman–Crippen LogP) is 2.66. The van der Waals surface area contributed by atoms with Gasteiger partial charge in [0.1, 0.15) is 0 Å². The molecule has 0 amide bonds. The highest BCUT2D eigenvalue weighted by Crippen LogP contribution is 2.21. The molecule has 0 saturated heterocycles. The van der Waals surface area contributed by atoms with Gasteiger partial charge in [0.25, 0.3) is 0 Å². The lowest BCUT2D eigenvalue weighted by Crippen LogP contribution is -2.41. The van der Waals surface area contributed by atoms with E-state index in [1.165, 1.54) is 45.2 Å². The Morgan fingerprint density at radius 1 is 1.11 bits per heavy atom. The summed E-state index contributed by atoms with van der Waals surface area (Å²) in [4.78, 5) is 2.66. The summed E-state index contributed by atoms with van der Waals surface area (Å²) in [5.41, 5.74) is 0. The maximum absolute atomic E-state index is 5.33. The van der Waals surface area contributed by atoms with Crippen LogP contribution in [0.1, 0.15) is 52.4 Å². The lowest BCUT2D eigenvalue weighted by atomic mass is 9.94. The molecule has 108 valence electrons. The number of hydrogen-bond acceptors (Lipinski definition) is 3. The summed E-state index contributed by atoms with van der Waals surface area (Å²) in [5.74, 6) is 0. The monoisotopic (exact) mass is 256 g/mol. The van der Waals surface area contributed by atoms with Crippen LogP contribution in [0.25, 0.3) is 0 Å². The van der Waals surface area contributed by atoms with E-state index >= 15 is 0 Å². The summed E-state index contributed by atoms with van der Waals surface area (Å²) in [6.45, 7) is 10.7. The van der Waals surface area contributed by atoms with Crippen molar-refractivity contribution < 1.29 is 4.74 Å². The molecule has 3 nitrogen and oxygen atoms in total. The molecule has 0 aromatic carbocycles. The first-order chi connectivity index (χ1) is 8.88. The van der Waals surface area contributed by atoms with Crippen LogP contribution in [0.5, 0.6) is 0 Å². The van der Waals surface area contributed by atoms with Crippen LogP contribution < -0.4 is 5.32 Å². The van der Waals surface area contributed by atoms with E-state index in [0.717, 1.165) is 38.8 Å². The smallest absolute Gasteiger partial charge is 0.0477 e. The molecule has 0 heterocycles. The number of nitrogens with zero attached hydrogens (tertiary/aromatic N) is 1. The van der Waals surface area contributed by atoms with E-state index in [-0.39, 0.29) is 0 Å². The van der Waals surface area contributed by atoms with Gasteiger partial charge in [-0.3, -0.25) is 4.90 Å². The zero-order chi connectivity index (χ0) is 13.1. The molecule has 1 rings (SSSR count). The number of ether oxygens (including phenoxy) is 1. The third-order valence-electron chi connectivity index (χ3n) is 3.92. The molecule has 1 aliphatic carbocycles. The Balaban J connectivity index is 2.00. The van der Waals surface area contributed by atoms with Gasteiger partial charge in [0.05, 0.1) is 0 Å². The molecular weight excluding hydrogens is 224 g/mol. The Labute approximate surface area is 113 Å². The Morgan fingerprint density at radius 3 is 2.56 bits per heavy atom. The first kappa shape index (κ1) is 15.9. The molecule has 0 atom stereocenters. The van der Waals surface area contributed by atoms with E-state index in [9.17, 15) is 0 Å². The Hall–Kier alpha value is -0.120. The summed E-state index contributed by atoms with van der Waals surface area (Å²) >= 11 is 0. The highest BCUT2D eigenvalue weighted by molar-refractivity contribution is 4.75. The van der Waals surface area contributed by atoms with Gasteiger partial charge in [0.2, 0.25) is 0 Å². The van der Waals surface area contributed by atoms with Crippen molar-refractivity contribution in [2.24, 2.45) is 0 Å². The summed E-state index contributed by atoms with van der Waals surface area (Å²) in [7, 11) is 0. The van der Waals surface area contributed by atoms with Crippen LogP contribution in [0, 0.1) is 0 Å². The average molecular weight is 256 g/mol. The molecule has 0 aromatic heterocycles. The maximum Gasteiger partial charge on any atom is 0.0477 e. The Morgan fingerprint density at radius 2 is 1.89 bits per heavy atom. The zero-order valence-corrected chi connectivity index (χ0v) is 12.4. The molecule has 1 aliphatic rings. The summed E-state index contributed by atoms with van der Waals surface area (Å²) in [6, 6.07) is 0.856. The van der Waals surface area contributed by atoms with Crippen molar-refractivity contribution in [3.05, 3.63) is 0 Å². The minimum atomic E-state index is 0.839. The fraction of sp³-hybridized carbons (Fsp3) is 1.00. The lowest BCUT2D eigenvalue weighted by molar-refractivity contribution is 0.142. The second kappa shape index (κ2) is 10.8. The Kier molecular flexibility index (Phi) is 9.54. The van der Waals surface area contributed by atoms with Crippen molar-refractivity contribution in [2.45, 2.75) is 58.4 Å². The molecule has 3 heteroatoms. The van der Waals surface area contributed by atoms with Crippen molar-refractivity contribution in [3.8, 4) is 0 Å². The van der Waals surface area contributed by atoms with E-state index in [0.29, 0.717) is 0 Å². The summed E-state index contributed by atoms with van der Waals surface area (Å²) in [6.07, 6.45) is 8.27. The van der Waals surface area contributed by atoms with Crippen LogP contribution in [0.3, 0.4) is 0 Å². The second-order valence-electron chi connectivity index (χ2n) is 5.22. The molecule has 0 aliphatic heterocycles. The van der Waals surface area contributed by atoms with Crippen LogP contribution in [0.4, 0.5) is 0 Å². The van der Waals surface area contributed by atoms with Gasteiger partial charge in [0, 0.05) is 32.3 Å². The molecule has 1 fully saturated rings. The normalized spacial score (nSPS) is 17.5. The summed E-state index contributed by atoms with van der Waals surface area (Å²) in [5, 5.41) is 3.53. The first-order valence-electron chi connectivity index (χ1n) is 7.91. The first-order valence-corrected chi connectivity index (χ1v) is 7.91. The van der Waals surface area contributed by atoms with Gasteiger partial charge < -0.3 is 10.1 Å². The third-order valence-corrected chi connectivity index (χ3v) is 3.92. The quantitative estimate of drug-likeness (QED) is 0.608. The van der Waals surface area contributed by atoms with Crippen molar-refractivity contribution in [3.63, 3.8) is 0 Å². The van der Waals surface area contributed by atoms with Gasteiger partial charge in [-0.1, -0.05) is 26.2 Å². The van der Waals surface area contributed by atoms with Crippen LogP contribution in [0.2, 0.25) is 0 Å². The summed E-state index contributed by atoms with van der Waals surface area (Å²) < 4.78 is 5.33. The van der Waals surface area contributed by atoms with Gasteiger partial charge in [0.15, 0.2) is 0 Å². The molecule has 0 bridgehead atoms. The van der Waals surface area contributed by atoms with Gasteiger partial charge in [-0.2, -0.15) is 0 Å². The van der Waals surface area contributed by atoms with Crippen molar-refractivity contribution in [2.75, 3.05) is 39.4 Å². The zero-order valence-electron chi connectivity index (χ0n) is 12.4. The standard InChI is InChI=1S/C15H32N2O/c1-3-17(15-9-6-5-7-10-15)13-12-16-11-8-14-18-4-2/h15-16H,3-14H2,1-2H3. The SMILES string of the molecule is CCOCCCNCCN(CC)C1CCCCC1. The molecule has 1 saturated carbocycles. The molecular formula is C15H32N2O. The van der Waals surface area contributed by atoms with Crippen molar-refractivity contribution in [1.82, 2.24) is 10.2 Å². The highest BCUT2D eigenvalue weighted by Gasteiger charge is 2.18. The average Bonchev–Trinajstić information content (AvgIpc) is 2.43. The minimum absolute atomic E-state index is 0.839. The molecule has 18 heavy (non-hydrogen) atoms. The number of rotatable bonds is 10. The van der Waals surface area contributed by atoms with Crippen molar-refractivity contribution >= 4 is 0 Å². The lowest BCUT2D eigenvalue weighted by Gasteiger charge is -2.33. The van der Waals surface area contributed by atoms with E-state index in [1.54, 1.807) is 0 Å². The Bertz CT molecular complexity index is 181. The highest BCUT2D eigenvalue weighted by atomic mass is 16.5. The fourth-order valence-electron chi connectivity index (χ4n) is 2.84. The molecule has 0 radical (unpaired) electrons. The molecule has 0 aromatic rings. The van der Waals surface area contributed by atoms with Gasteiger partial charge in [-0.15, -0.1) is 0 Å². The van der Waals surface area contributed by atoms with E-state index in [2.05, 4.69) is 24.1 Å². The fourth-order valence-corrected chi connectivity index (χ4v) is 2.84. The largest absolute Gasteiger partial charge is 0.382 e. The minimum Gasteiger partial charge on any atom is -0.382 e. The number of likely N-dealkylation sites (N-methyl/N-ethyl adjacent to an activating group) is 1. The van der Waals surface area contributed by atoms with E-state index in [4.69, 9.17) is 4.74 Å². The second-order valence-corrected chi connectivity index (χ2v) is 5.22. The third kappa shape index (κ3) is 6.72.